The van der Waals surface area contributed by atoms with Gasteiger partial charge in [0.15, 0.2) is 0 Å². The van der Waals surface area contributed by atoms with E-state index in [1.165, 1.54) is 0 Å². The number of rotatable bonds is 6. The standard InChI is InChI=1S/C28H28N4O2/c1-19-10-8-15-25(16-19)32-21(3)26(18-29-32)28(34)31(4)20(2)23-13-9-14-24(17-23)30-27(33)22-11-6-5-7-12-22/h5-18,20H,1-4H3,(H,30,33). The van der Waals surface area contributed by atoms with Crippen LogP contribution in [-0.2, 0) is 0 Å². The van der Waals surface area contributed by atoms with Gasteiger partial charge in [0.25, 0.3) is 11.8 Å². The summed E-state index contributed by atoms with van der Waals surface area (Å²) in [5.41, 5.74) is 5.60. The predicted molar refractivity (Wildman–Crippen MR) is 134 cm³/mol. The Morgan fingerprint density at radius 1 is 0.941 bits per heavy atom. The second-order valence-electron chi connectivity index (χ2n) is 8.43. The number of aryl methyl sites for hydroxylation is 1. The minimum Gasteiger partial charge on any atom is -0.335 e. The summed E-state index contributed by atoms with van der Waals surface area (Å²) in [7, 11) is 1.78. The molecule has 1 unspecified atom stereocenters. The fraction of sp³-hybridized carbons (Fsp3) is 0.179. The van der Waals surface area contributed by atoms with Crippen molar-refractivity contribution in [3.63, 3.8) is 0 Å². The molecule has 4 aromatic rings. The molecule has 1 N–H and O–H groups in total. The lowest BCUT2D eigenvalue weighted by atomic mass is 10.1. The number of anilines is 1. The van der Waals surface area contributed by atoms with Crippen molar-refractivity contribution >= 4 is 17.5 Å². The molecule has 4 rings (SSSR count). The van der Waals surface area contributed by atoms with Gasteiger partial charge in [-0.05, 0) is 68.3 Å². The zero-order valence-electron chi connectivity index (χ0n) is 19.8. The van der Waals surface area contributed by atoms with Crippen LogP contribution in [0.3, 0.4) is 0 Å². The molecule has 1 aromatic heterocycles. The van der Waals surface area contributed by atoms with E-state index in [2.05, 4.69) is 10.4 Å². The molecule has 6 nitrogen and oxygen atoms in total. The first-order valence-corrected chi connectivity index (χ1v) is 11.2. The predicted octanol–water partition coefficient (Wildman–Crippen LogP) is 5.57. The van der Waals surface area contributed by atoms with E-state index in [9.17, 15) is 9.59 Å². The number of nitrogens with zero attached hydrogens (tertiary/aromatic N) is 3. The fourth-order valence-electron chi connectivity index (χ4n) is 3.90. The molecule has 0 saturated heterocycles. The molecule has 1 atom stereocenters. The molecule has 0 fully saturated rings. The van der Waals surface area contributed by atoms with Gasteiger partial charge in [0, 0.05) is 18.3 Å². The van der Waals surface area contributed by atoms with Gasteiger partial charge in [0.05, 0.1) is 29.2 Å². The van der Waals surface area contributed by atoms with Crippen LogP contribution in [0, 0.1) is 13.8 Å². The molecule has 0 spiro atoms. The first-order chi connectivity index (χ1) is 16.3. The minimum absolute atomic E-state index is 0.109. The van der Waals surface area contributed by atoms with Crippen molar-refractivity contribution in [3.8, 4) is 5.69 Å². The van der Waals surface area contributed by atoms with E-state index in [0.717, 1.165) is 22.5 Å². The summed E-state index contributed by atoms with van der Waals surface area (Å²) in [5.74, 6) is -0.281. The van der Waals surface area contributed by atoms with Crippen LogP contribution in [0.25, 0.3) is 5.69 Å². The summed E-state index contributed by atoms with van der Waals surface area (Å²) in [4.78, 5) is 27.6. The number of hydrogen-bond acceptors (Lipinski definition) is 3. The van der Waals surface area contributed by atoms with Gasteiger partial charge in [-0.3, -0.25) is 9.59 Å². The molecule has 172 valence electrons. The Morgan fingerprint density at radius 3 is 2.41 bits per heavy atom. The highest BCUT2D eigenvalue weighted by Gasteiger charge is 2.23. The van der Waals surface area contributed by atoms with E-state index in [-0.39, 0.29) is 17.9 Å². The molecule has 6 heteroatoms. The van der Waals surface area contributed by atoms with E-state index < -0.39 is 0 Å². The Balaban J connectivity index is 1.51. The van der Waals surface area contributed by atoms with Crippen LogP contribution in [0.5, 0.6) is 0 Å². The monoisotopic (exact) mass is 452 g/mol. The topological polar surface area (TPSA) is 67.2 Å². The van der Waals surface area contributed by atoms with Crippen molar-refractivity contribution in [2.45, 2.75) is 26.8 Å². The van der Waals surface area contributed by atoms with Crippen molar-refractivity contribution in [1.29, 1.82) is 0 Å². The van der Waals surface area contributed by atoms with Gasteiger partial charge in [-0.15, -0.1) is 0 Å². The molecule has 0 bridgehead atoms. The van der Waals surface area contributed by atoms with Gasteiger partial charge in [0.2, 0.25) is 0 Å². The van der Waals surface area contributed by atoms with E-state index in [0.29, 0.717) is 16.8 Å². The first kappa shape index (κ1) is 23.0. The third-order valence-corrected chi connectivity index (χ3v) is 6.05. The highest BCUT2D eigenvalue weighted by atomic mass is 16.2. The molecule has 0 aliphatic rings. The van der Waals surface area contributed by atoms with E-state index in [4.69, 9.17) is 0 Å². The fourth-order valence-corrected chi connectivity index (χ4v) is 3.90. The summed E-state index contributed by atoms with van der Waals surface area (Å²) in [6.07, 6.45) is 1.62. The zero-order valence-corrected chi connectivity index (χ0v) is 19.8. The lowest BCUT2D eigenvalue weighted by Crippen LogP contribution is -2.30. The Bertz CT molecular complexity index is 1330. The molecular formula is C28H28N4O2. The number of carbonyl (C=O) groups excluding carboxylic acids is 2. The minimum atomic E-state index is -0.206. The number of benzene rings is 3. The maximum atomic E-state index is 13.3. The highest BCUT2D eigenvalue weighted by Crippen LogP contribution is 2.25. The van der Waals surface area contributed by atoms with Crippen molar-refractivity contribution < 1.29 is 9.59 Å². The molecule has 0 saturated carbocycles. The van der Waals surface area contributed by atoms with Gasteiger partial charge in [-0.25, -0.2) is 4.68 Å². The Morgan fingerprint density at radius 2 is 1.68 bits per heavy atom. The third-order valence-electron chi connectivity index (χ3n) is 6.05. The summed E-state index contributed by atoms with van der Waals surface area (Å²) >= 11 is 0. The van der Waals surface area contributed by atoms with Crippen LogP contribution in [0.2, 0.25) is 0 Å². The van der Waals surface area contributed by atoms with Crippen molar-refractivity contribution in [2.24, 2.45) is 0 Å². The van der Waals surface area contributed by atoms with Crippen LogP contribution in [0.15, 0.2) is 85.1 Å². The number of hydrogen-bond donors (Lipinski definition) is 1. The number of aromatic nitrogens is 2. The molecule has 2 amide bonds. The van der Waals surface area contributed by atoms with Crippen LogP contribution < -0.4 is 5.32 Å². The molecule has 0 aliphatic heterocycles. The van der Waals surface area contributed by atoms with E-state index >= 15 is 0 Å². The molecule has 0 aliphatic carbocycles. The lowest BCUT2D eigenvalue weighted by molar-refractivity contribution is 0.0741. The Hall–Kier alpha value is -4.19. The summed E-state index contributed by atoms with van der Waals surface area (Å²) in [5, 5.41) is 7.39. The van der Waals surface area contributed by atoms with Gasteiger partial charge >= 0.3 is 0 Å². The van der Waals surface area contributed by atoms with Gasteiger partial charge < -0.3 is 10.2 Å². The molecule has 0 radical (unpaired) electrons. The van der Waals surface area contributed by atoms with Crippen molar-refractivity contribution in [2.75, 3.05) is 12.4 Å². The maximum absolute atomic E-state index is 13.3. The number of carbonyl (C=O) groups is 2. The summed E-state index contributed by atoms with van der Waals surface area (Å²) in [6.45, 7) is 5.90. The zero-order chi connectivity index (χ0) is 24.2. The number of nitrogens with one attached hydrogen (secondary N) is 1. The largest absolute Gasteiger partial charge is 0.335 e. The van der Waals surface area contributed by atoms with E-state index in [1.807, 2.05) is 87.5 Å². The summed E-state index contributed by atoms with van der Waals surface area (Å²) in [6, 6.07) is 24.5. The molecule has 3 aromatic carbocycles. The first-order valence-electron chi connectivity index (χ1n) is 11.2. The lowest BCUT2D eigenvalue weighted by Gasteiger charge is -2.25. The van der Waals surface area contributed by atoms with Gasteiger partial charge in [-0.2, -0.15) is 5.10 Å². The van der Waals surface area contributed by atoms with E-state index in [1.54, 1.807) is 35.0 Å². The second-order valence-corrected chi connectivity index (χ2v) is 8.43. The maximum Gasteiger partial charge on any atom is 0.257 e. The van der Waals surface area contributed by atoms with Crippen LogP contribution in [0.4, 0.5) is 5.69 Å². The highest BCUT2D eigenvalue weighted by molar-refractivity contribution is 6.04. The van der Waals surface area contributed by atoms with Crippen LogP contribution in [0.1, 0.15) is 50.5 Å². The average Bonchev–Trinajstić information content (AvgIpc) is 3.24. The Labute approximate surface area is 199 Å². The molecule has 1 heterocycles. The van der Waals surface area contributed by atoms with Crippen molar-refractivity contribution in [3.05, 3.63) is 113 Å². The van der Waals surface area contributed by atoms with Gasteiger partial charge in [-0.1, -0.05) is 42.5 Å². The van der Waals surface area contributed by atoms with Crippen LogP contribution in [-0.4, -0.2) is 33.5 Å². The quantitative estimate of drug-likeness (QED) is 0.416. The SMILES string of the molecule is Cc1cccc(-n2ncc(C(=O)N(C)C(C)c3cccc(NC(=O)c4ccccc4)c3)c2C)c1. The average molecular weight is 453 g/mol. The summed E-state index contributed by atoms with van der Waals surface area (Å²) < 4.78 is 1.79. The van der Waals surface area contributed by atoms with Gasteiger partial charge in [0.1, 0.15) is 0 Å². The third kappa shape index (κ3) is 4.76. The smallest absolute Gasteiger partial charge is 0.257 e. The normalized spacial score (nSPS) is 11.6. The molecule has 34 heavy (non-hydrogen) atoms. The molecular weight excluding hydrogens is 424 g/mol. The van der Waals surface area contributed by atoms with Crippen molar-refractivity contribution in [1.82, 2.24) is 14.7 Å². The second kappa shape index (κ2) is 9.75. The number of amides is 2. The Kier molecular flexibility index (Phi) is 6.59. The van der Waals surface area contributed by atoms with Crippen LogP contribution >= 0.6 is 0 Å².